The van der Waals surface area contributed by atoms with Crippen LogP contribution < -0.4 is 10.1 Å². The number of carbonyl (C=O) groups is 1. The summed E-state index contributed by atoms with van der Waals surface area (Å²) in [4.78, 5) is 25.5. The van der Waals surface area contributed by atoms with Gasteiger partial charge in [-0.2, -0.15) is 0 Å². The smallest absolute Gasteiger partial charge is 0.273 e. The standard InChI is InChI=1S/C19H19N3O4/c23-19(11-14-13-21-18-8-2-1-7-17(14)18)20-9-4-10-26-16-6-3-5-15(12-16)22(24)25/h1-3,5-8,12-13,21H,4,9-11H2,(H,20,23). The first kappa shape index (κ1) is 17.5. The van der Waals surface area contributed by atoms with Crippen molar-refractivity contribution in [3.05, 3.63) is 70.4 Å². The van der Waals surface area contributed by atoms with E-state index in [-0.39, 0.29) is 11.6 Å². The minimum Gasteiger partial charge on any atom is -0.493 e. The van der Waals surface area contributed by atoms with E-state index in [1.165, 1.54) is 12.1 Å². The number of benzene rings is 2. The summed E-state index contributed by atoms with van der Waals surface area (Å²) in [7, 11) is 0. The van der Waals surface area contributed by atoms with Crippen LogP contribution in [-0.4, -0.2) is 29.0 Å². The number of ether oxygens (including phenoxy) is 1. The summed E-state index contributed by atoms with van der Waals surface area (Å²) >= 11 is 0. The molecular formula is C19H19N3O4. The highest BCUT2D eigenvalue weighted by Crippen LogP contribution is 2.19. The van der Waals surface area contributed by atoms with Crippen molar-refractivity contribution in [3.63, 3.8) is 0 Å². The topological polar surface area (TPSA) is 97.3 Å². The van der Waals surface area contributed by atoms with Gasteiger partial charge in [0.15, 0.2) is 0 Å². The van der Waals surface area contributed by atoms with Gasteiger partial charge in [0.05, 0.1) is 24.0 Å². The predicted molar refractivity (Wildman–Crippen MR) is 98.2 cm³/mol. The minimum atomic E-state index is -0.461. The monoisotopic (exact) mass is 353 g/mol. The molecule has 0 aliphatic heterocycles. The largest absolute Gasteiger partial charge is 0.493 e. The molecule has 0 saturated heterocycles. The second-order valence-electron chi connectivity index (χ2n) is 5.84. The van der Waals surface area contributed by atoms with Crippen molar-refractivity contribution in [3.8, 4) is 5.75 Å². The number of amides is 1. The number of aromatic amines is 1. The van der Waals surface area contributed by atoms with Crippen LogP contribution in [0.25, 0.3) is 10.9 Å². The number of hydrogen-bond acceptors (Lipinski definition) is 4. The number of rotatable bonds is 8. The summed E-state index contributed by atoms with van der Waals surface area (Å²) in [6, 6.07) is 13.9. The first-order valence-electron chi connectivity index (χ1n) is 8.32. The molecule has 0 radical (unpaired) electrons. The lowest BCUT2D eigenvalue weighted by atomic mass is 10.1. The van der Waals surface area contributed by atoms with E-state index in [9.17, 15) is 14.9 Å². The molecule has 1 heterocycles. The zero-order chi connectivity index (χ0) is 18.4. The van der Waals surface area contributed by atoms with E-state index in [0.29, 0.717) is 31.7 Å². The average molecular weight is 353 g/mol. The van der Waals surface area contributed by atoms with Gasteiger partial charge in [-0.05, 0) is 24.1 Å². The number of non-ortho nitro benzene ring substituents is 1. The van der Waals surface area contributed by atoms with Crippen molar-refractivity contribution in [1.82, 2.24) is 10.3 Å². The maximum atomic E-state index is 12.1. The normalized spacial score (nSPS) is 10.6. The molecule has 0 saturated carbocycles. The van der Waals surface area contributed by atoms with Crippen LogP contribution in [0.4, 0.5) is 5.69 Å². The second-order valence-corrected chi connectivity index (χ2v) is 5.84. The molecule has 2 aromatic carbocycles. The number of fused-ring (bicyclic) bond motifs is 1. The molecular weight excluding hydrogens is 334 g/mol. The fraction of sp³-hybridized carbons (Fsp3) is 0.211. The number of nitrogens with zero attached hydrogens (tertiary/aromatic N) is 1. The summed E-state index contributed by atoms with van der Waals surface area (Å²) in [6.07, 6.45) is 2.79. The Labute approximate surface area is 150 Å². The van der Waals surface area contributed by atoms with E-state index in [0.717, 1.165) is 16.5 Å². The molecule has 0 atom stereocenters. The van der Waals surface area contributed by atoms with Crippen molar-refractivity contribution in [1.29, 1.82) is 0 Å². The number of hydrogen-bond donors (Lipinski definition) is 2. The molecule has 0 aliphatic rings. The van der Waals surface area contributed by atoms with Crippen molar-refractivity contribution in [2.75, 3.05) is 13.2 Å². The molecule has 0 unspecified atom stereocenters. The lowest BCUT2D eigenvalue weighted by molar-refractivity contribution is -0.384. The molecule has 7 nitrogen and oxygen atoms in total. The minimum absolute atomic E-state index is 0.00506. The van der Waals surface area contributed by atoms with Crippen molar-refractivity contribution < 1.29 is 14.5 Å². The molecule has 1 aromatic heterocycles. The highest BCUT2D eigenvalue weighted by atomic mass is 16.6. The Morgan fingerprint density at radius 3 is 2.88 bits per heavy atom. The third kappa shape index (κ3) is 4.38. The summed E-state index contributed by atoms with van der Waals surface area (Å²) < 4.78 is 5.48. The first-order valence-corrected chi connectivity index (χ1v) is 8.32. The molecule has 3 aromatic rings. The number of nitro benzene ring substituents is 1. The van der Waals surface area contributed by atoms with Gasteiger partial charge in [-0.1, -0.05) is 24.3 Å². The first-order chi connectivity index (χ1) is 12.6. The zero-order valence-electron chi connectivity index (χ0n) is 14.1. The molecule has 0 bridgehead atoms. The maximum Gasteiger partial charge on any atom is 0.273 e. The fourth-order valence-corrected chi connectivity index (χ4v) is 2.69. The van der Waals surface area contributed by atoms with Gasteiger partial charge in [0.1, 0.15) is 5.75 Å². The number of nitrogens with one attached hydrogen (secondary N) is 2. The predicted octanol–water partition coefficient (Wildman–Crippen LogP) is 3.20. The van der Waals surface area contributed by atoms with Crippen LogP contribution in [0, 0.1) is 10.1 Å². The van der Waals surface area contributed by atoms with E-state index in [1.54, 1.807) is 12.1 Å². The summed E-state index contributed by atoms with van der Waals surface area (Å²) in [6.45, 7) is 0.852. The Bertz CT molecular complexity index is 920. The van der Waals surface area contributed by atoms with E-state index < -0.39 is 4.92 Å². The van der Waals surface area contributed by atoms with Gasteiger partial charge in [-0.3, -0.25) is 14.9 Å². The average Bonchev–Trinajstić information content (AvgIpc) is 3.05. The van der Waals surface area contributed by atoms with Crippen molar-refractivity contribution >= 4 is 22.5 Å². The van der Waals surface area contributed by atoms with E-state index in [4.69, 9.17) is 4.74 Å². The van der Waals surface area contributed by atoms with Crippen LogP contribution in [0.2, 0.25) is 0 Å². The number of para-hydroxylation sites is 1. The van der Waals surface area contributed by atoms with Crippen LogP contribution in [0.3, 0.4) is 0 Å². The van der Waals surface area contributed by atoms with Gasteiger partial charge in [-0.15, -0.1) is 0 Å². The highest BCUT2D eigenvalue weighted by Gasteiger charge is 2.08. The summed E-state index contributed by atoms with van der Waals surface area (Å²) in [5.74, 6) is 0.398. The molecule has 0 spiro atoms. The Morgan fingerprint density at radius 2 is 2.04 bits per heavy atom. The van der Waals surface area contributed by atoms with Gasteiger partial charge >= 0.3 is 0 Å². The number of aromatic nitrogens is 1. The summed E-state index contributed by atoms with van der Waals surface area (Å²) in [5.41, 5.74) is 1.97. The maximum absolute atomic E-state index is 12.1. The molecule has 1 amide bonds. The van der Waals surface area contributed by atoms with Crippen LogP contribution in [0.15, 0.2) is 54.7 Å². The number of nitro groups is 1. The molecule has 0 fully saturated rings. The number of carbonyl (C=O) groups excluding carboxylic acids is 1. The molecule has 2 N–H and O–H groups in total. The molecule has 134 valence electrons. The Morgan fingerprint density at radius 1 is 1.19 bits per heavy atom. The van der Waals surface area contributed by atoms with Crippen molar-refractivity contribution in [2.45, 2.75) is 12.8 Å². The summed E-state index contributed by atoms with van der Waals surface area (Å²) in [5, 5.41) is 14.6. The van der Waals surface area contributed by atoms with Gasteiger partial charge in [0.25, 0.3) is 5.69 Å². The van der Waals surface area contributed by atoms with Crippen LogP contribution >= 0.6 is 0 Å². The third-order valence-corrected chi connectivity index (χ3v) is 3.97. The third-order valence-electron chi connectivity index (χ3n) is 3.97. The Balaban J connectivity index is 1.40. The fourth-order valence-electron chi connectivity index (χ4n) is 2.69. The van der Waals surface area contributed by atoms with Gasteiger partial charge in [0, 0.05) is 29.7 Å². The van der Waals surface area contributed by atoms with Gasteiger partial charge < -0.3 is 15.0 Å². The van der Waals surface area contributed by atoms with E-state index >= 15 is 0 Å². The molecule has 3 rings (SSSR count). The Kier molecular flexibility index (Phi) is 5.48. The second kappa shape index (κ2) is 8.15. The van der Waals surface area contributed by atoms with Crippen LogP contribution in [0.5, 0.6) is 5.75 Å². The van der Waals surface area contributed by atoms with Gasteiger partial charge in [0.2, 0.25) is 5.91 Å². The molecule has 0 aliphatic carbocycles. The molecule has 26 heavy (non-hydrogen) atoms. The van der Waals surface area contributed by atoms with E-state index in [1.807, 2.05) is 30.5 Å². The molecule has 7 heteroatoms. The zero-order valence-corrected chi connectivity index (χ0v) is 14.1. The van der Waals surface area contributed by atoms with Crippen LogP contribution in [-0.2, 0) is 11.2 Å². The SMILES string of the molecule is O=C(Cc1c[nH]c2ccccc12)NCCCOc1cccc([N+](=O)[O-])c1. The van der Waals surface area contributed by atoms with E-state index in [2.05, 4.69) is 10.3 Å². The van der Waals surface area contributed by atoms with Crippen molar-refractivity contribution in [2.24, 2.45) is 0 Å². The van der Waals surface area contributed by atoms with Gasteiger partial charge in [-0.25, -0.2) is 0 Å². The lowest BCUT2D eigenvalue weighted by Crippen LogP contribution is -2.27. The lowest BCUT2D eigenvalue weighted by Gasteiger charge is -2.07. The van der Waals surface area contributed by atoms with Crippen LogP contribution in [0.1, 0.15) is 12.0 Å². The number of H-pyrrole nitrogens is 1. The highest BCUT2D eigenvalue weighted by molar-refractivity contribution is 5.88. The quantitative estimate of drug-likeness (QED) is 0.369. The Hall–Kier alpha value is -3.35.